The fraction of sp³-hybridized carbons (Fsp3) is 1.00. The van der Waals surface area contributed by atoms with Crippen LogP contribution in [0.5, 0.6) is 0 Å². The van der Waals surface area contributed by atoms with Crippen molar-refractivity contribution in [2.45, 2.75) is 84.7 Å². The van der Waals surface area contributed by atoms with Crippen LogP contribution in [0, 0.1) is 11.8 Å². The van der Waals surface area contributed by atoms with Crippen LogP contribution in [0.4, 0.5) is 0 Å². The molecule has 1 aliphatic rings. The van der Waals surface area contributed by atoms with Gasteiger partial charge in [-0.3, -0.25) is 0 Å². The summed E-state index contributed by atoms with van der Waals surface area (Å²) in [6.45, 7) is 7.62. The molecule has 1 aliphatic heterocycles. The highest BCUT2D eigenvalue weighted by molar-refractivity contribution is 4.67. The van der Waals surface area contributed by atoms with E-state index in [-0.39, 0.29) is 0 Å². The van der Waals surface area contributed by atoms with Gasteiger partial charge in [0.15, 0.2) is 0 Å². The van der Waals surface area contributed by atoms with Crippen LogP contribution in [0.25, 0.3) is 0 Å². The SMILES string of the molecule is CC(C)CCCCCCCCCC1OOCC1C. The van der Waals surface area contributed by atoms with Gasteiger partial charge in [0.05, 0.1) is 12.7 Å². The summed E-state index contributed by atoms with van der Waals surface area (Å²) in [5.41, 5.74) is 0. The van der Waals surface area contributed by atoms with Crippen molar-refractivity contribution >= 4 is 0 Å². The van der Waals surface area contributed by atoms with Crippen molar-refractivity contribution < 1.29 is 9.78 Å². The molecule has 0 saturated carbocycles. The first-order chi connectivity index (χ1) is 8.70. The molecule has 2 nitrogen and oxygen atoms in total. The van der Waals surface area contributed by atoms with Gasteiger partial charge in [-0.2, -0.15) is 0 Å². The average molecular weight is 256 g/mol. The molecular weight excluding hydrogens is 224 g/mol. The second-order valence-corrected chi connectivity index (χ2v) is 6.34. The van der Waals surface area contributed by atoms with E-state index in [0.717, 1.165) is 12.5 Å². The Balaban J connectivity index is 1.78. The molecule has 0 aromatic heterocycles. The molecule has 2 atom stereocenters. The smallest absolute Gasteiger partial charge is 0.0978 e. The minimum atomic E-state index is 0.357. The Morgan fingerprint density at radius 1 is 0.944 bits per heavy atom. The lowest BCUT2D eigenvalue weighted by molar-refractivity contribution is -0.275. The second-order valence-electron chi connectivity index (χ2n) is 6.34. The molecular formula is C16H32O2. The molecule has 1 fully saturated rings. The molecule has 2 heteroatoms. The lowest BCUT2D eigenvalue weighted by Crippen LogP contribution is -2.13. The van der Waals surface area contributed by atoms with Gasteiger partial charge >= 0.3 is 0 Å². The van der Waals surface area contributed by atoms with E-state index in [1.165, 1.54) is 57.8 Å². The summed E-state index contributed by atoms with van der Waals surface area (Å²) in [4.78, 5) is 10.3. The number of rotatable bonds is 10. The van der Waals surface area contributed by atoms with Crippen LogP contribution in [0.15, 0.2) is 0 Å². The molecule has 18 heavy (non-hydrogen) atoms. The Kier molecular flexibility index (Phi) is 8.70. The summed E-state index contributed by atoms with van der Waals surface area (Å²) >= 11 is 0. The zero-order valence-electron chi connectivity index (χ0n) is 12.6. The molecule has 0 aromatic carbocycles. The van der Waals surface area contributed by atoms with Crippen molar-refractivity contribution in [3.05, 3.63) is 0 Å². The molecule has 108 valence electrons. The van der Waals surface area contributed by atoms with Crippen molar-refractivity contribution in [2.24, 2.45) is 11.8 Å². The van der Waals surface area contributed by atoms with E-state index in [2.05, 4.69) is 20.8 Å². The van der Waals surface area contributed by atoms with Crippen LogP contribution < -0.4 is 0 Å². The van der Waals surface area contributed by atoms with Crippen molar-refractivity contribution in [3.8, 4) is 0 Å². The summed E-state index contributed by atoms with van der Waals surface area (Å²) < 4.78 is 0. The summed E-state index contributed by atoms with van der Waals surface area (Å²) in [6.07, 6.45) is 12.7. The molecule has 0 bridgehead atoms. The molecule has 2 unspecified atom stereocenters. The van der Waals surface area contributed by atoms with Crippen molar-refractivity contribution in [3.63, 3.8) is 0 Å². The van der Waals surface area contributed by atoms with Gasteiger partial charge < -0.3 is 0 Å². The maximum absolute atomic E-state index is 5.25. The van der Waals surface area contributed by atoms with E-state index in [1.54, 1.807) is 0 Å². The number of unbranched alkanes of at least 4 members (excludes halogenated alkanes) is 6. The molecule has 0 radical (unpaired) electrons. The van der Waals surface area contributed by atoms with Crippen LogP contribution in [0.2, 0.25) is 0 Å². The fourth-order valence-electron chi connectivity index (χ4n) is 2.55. The minimum Gasteiger partial charge on any atom is -0.236 e. The van der Waals surface area contributed by atoms with Crippen LogP contribution in [-0.4, -0.2) is 12.7 Å². The Bertz CT molecular complexity index is 192. The van der Waals surface area contributed by atoms with E-state index in [4.69, 9.17) is 9.78 Å². The quantitative estimate of drug-likeness (QED) is 0.399. The third kappa shape index (κ3) is 7.38. The summed E-state index contributed by atoms with van der Waals surface area (Å²) in [7, 11) is 0. The largest absolute Gasteiger partial charge is 0.236 e. The van der Waals surface area contributed by atoms with Gasteiger partial charge in [0, 0.05) is 5.92 Å². The Labute approximate surface area is 113 Å². The summed E-state index contributed by atoms with van der Waals surface area (Å²) in [5.74, 6) is 1.46. The van der Waals surface area contributed by atoms with E-state index in [9.17, 15) is 0 Å². The fourth-order valence-corrected chi connectivity index (χ4v) is 2.55. The number of hydrogen-bond donors (Lipinski definition) is 0. The van der Waals surface area contributed by atoms with Gasteiger partial charge in [-0.05, 0) is 12.3 Å². The Morgan fingerprint density at radius 3 is 2.11 bits per heavy atom. The third-order valence-corrected chi connectivity index (χ3v) is 3.93. The maximum atomic E-state index is 5.25. The van der Waals surface area contributed by atoms with Crippen LogP contribution in [0.3, 0.4) is 0 Å². The molecule has 1 rings (SSSR count). The van der Waals surface area contributed by atoms with Crippen LogP contribution in [0.1, 0.15) is 78.6 Å². The topological polar surface area (TPSA) is 18.5 Å². The van der Waals surface area contributed by atoms with Crippen molar-refractivity contribution in [1.29, 1.82) is 0 Å². The first kappa shape index (κ1) is 16.0. The predicted molar refractivity (Wildman–Crippen MR) is 76.4 cm³/mol. The van der Waals surface area contributed by atoms with Crippen molar-refractivity contribution in [1.82, 2.24) is 0 Å². The highest BCUT2D eigenvalue weighted by Crippen LogP contribution is 2.22. The van der Waals surface area contributed by atoms with E-state index in [0.29, 0.717) is 12.0 Å². The number of hydrogen-bond acceptors (Lipinski definition) is 2. The lowest BCUT2D eigenvalue weighted by atomic mass is 9.99. The van der Waals surface area contributed by atoms with E-state index >= 15 is 0 Å². The lowest BCUT2D eigenvalue weighted by Gasteiger charge is -2.10. The Morgan fingerprint density at radius 2 is 1.56 bits per heavy atom. The minimum absolute atomic E-state index is 0.357. The standard InChI is InChI=1S/C16H32O2/c1-14(2)11-9-7-5-4-6-8-10-12-16-15(3)13-17-18-16/h14-16H,4-13H2,1-3H3. The Hall–Kier alpha value is -0.0800. The molecule has 0 amide bonds. The normalized spacial score (nSPS) is 24.0. The zero-order chi connectivity index (χ0) is 13.2. The van der Waals surface area contributed by atoms with Crippen molar-refractivity contribution in [2.75, 3.05) is 6.61 Å². The van der Waals surface area contributed by atoms with Gasteiger partial charge in [0.25, 0.3) is 0 Å². The highest BCUT2D eigenvalue weighted by atomic mass is 17.2. The first-order valence-corrected chi connectivity index (χ1v) is 7.98. The molecule has 0 aromatic rings. The van der Waals surface area contributed by atoms with Crippen LogP contribution in [-0.2, 0) is 9.78 Å². The molecule has 1 heterocycles. The van der Waals surface area contributed by atoms with E-state index in [1.807, 2.05) is 0 Å². The van der Waals surface area contributed by atoms with E-state index < -0.39 is 0 Å². The predicted octanol–water partition coefficient (Wildman–Crippen LogP) is 5.12. The highest BCUT2D eigenvalue weighted by Gasteiger charge is 2.25. The van der Waals surface area contributed by atoms with Gasteiger partial charge in [-0.15, -0.1) is 0 Å². The molecule has 0 N–H and O–H groups in total. The van der Waals surface area contributed by atoms with Gasteiger partial charge in [-0.1, -0.05) is 72.1 Å². The molecule has 1 saturated heterocycles. The van der Waals surface area contributed by atoms with Gasteiger partial charge in [-0.25, -0.2) is 9.78 Å². The van der Waals surface area contributed by atoms with Crippen LogP contribution >= 0.6 is 0 Å². The van der Waals surface area contributed by atoms with Gasteiger partial charge in [0.2, 0.25) is 0 Å². The molecule has 0 spiro atoms. The first-order valence-electron chi connectivity index (χ1n) is 7.98. The zero-order valence-corrected chi connectivity index (χ0v) is 12.6. The maximum Gasteiger partial charge on any atom is 0.0978 e. The average Bonchev–Trinajstić information content (AvgIpc) is 2.72. The third-order valence-electron chi connectivity index (χ3n) is 3.93. The molecule has 0 aliphatic carbocycles. The van der Waals surface area contributed by atoms with Gasteiger partial charge in [0.1, 0.15) is 0 Å². The summed E-state index contributed by atoms with van der Waals surface area (Å²) in [5, 5.41) is 0. The summed E-state index contributed by atoms with van der Waals surface area (Å²) in [6, 6.07) is 0. The second kappa shape index (κ2) is 9.80. The monoisotopic (exact) mass is 256 g/mol.